The highest BCUT2D eigenvalue weighted by molar-refractivity contribution is 5.61. The predicted molar refractivity (Wildman–Crippen MR) is 99.4 cm³/mol. The number of nitrogens with zero attached hydrogens (tertiary/aromatic N) is 7. The highest BCUT2D eigenvalue weighted by atomic mass is 19.1. The van der Waals surface area contributed by atoms with Crippen molar-refractivity contribution in [2.75, 3.05) is 36.0 Å². The van der Waals surface area contributed by atoms with E-state index >= 15 is 0 Å². The number of anilines is 2. The molecule has 2 aromatic heterocycles. The van der Waals surface area contributed by atoms with E-state index in [9.17, 15) is 9.65 Å². The maximum absolute atomic E-state index is 14.2. The second kappa shape index (κ2) is 7.03. The molecule has 4 rings (SSSR count). The molecule has 1 aliphatic rings. The zero-order chi connectivity index (χ0) is 18.8. The van der Waals surface area contributed by atoms with Crippen LogP contribution in [-0.2, 0) is 0 Å². The van der Waals surface area contributed by atoms with Crippen molar-refractivity contribution in [2.45, 2.75) is 6.92 Å². The van der Waals surface area contributed by atoms with Gasteiger partial charge in [0.15, 0.2) is 11.6 Å². The van der Waals surface area contributed by atoms with E-state index in [-0.39, 0.29) is 5.82 Å². The normalized spacial score (nSPS) is 14.3. The molecule has 8 heteroatoms. The maximum atomic E-state index is 14.2. The first-order valence-corrected chi connectivity index (χ1v) is 8.70. The third-order valence-electron chi connectivity index (χ3n) is 4.62. The molecule has 27 heavy (non-hydrogen) atoms. The van der Waals surface area contributed by atoms with Crippen molar-refractivity contribution in [2.24, 2.45) is 0 Å². The molecule has 0 N–H and O–H groups in total. The summed E-state index contributed by atoms with van der Waals surface area (Å²) >= 11 is 0. The van der Waals surface area contributed by atoms with Gasteiger partial charge in [-0.25, -0.2) is 9.07 Å². The number of para-hydroxylation sites is 1. The van der Waals surface area contributed by atoms with Crippen LogP contribution >= 0.6 is 0 Å². The highest BCUT2D eigenvalue weighted by Crippen LogP contribution is 2.26. The lowest BCUT2D eigenvalue weighted by Crippen LogP contribution is -2.47. The van der Waals surface area contributed by atoms with Gasteiger partial charge in [0.2, 0.25) is 0 Å². The molecule has 0 unspecified atom stereocenters. The minimum atomic E-state index is -0.360. The van der Waals surface area contributed by atoms with E-state index < -0.39 is 0 Å². The Labute approximate surface area is 156 Å². The smallest absolute Gasteiger partial charge is 0.175 e. The number of halogens is 1. The van der Waals surface area contributed by atoms with E-state index in [1.807, 2.05) is 36.2 Å². The van der Waals surface area contributed by atoms with Gasteiger partial charge in [-0.15, -0.1) is 10.2 Å². The average molecular weight is 363 g/mol. The fourth-order valence-electron chi connectivity index (χ4n) is 3.24. The second-order valence-corrected chi connectivity index (χ2v) is 6.37. The summed E-state index contributed by atoms with van der Waals surface area (Å²) in [6, 6.07) is 12.4. The van der Waals surface area contributed by atoms with Crippen molar-refractivity contribution < 1.29 is 4.39 Å². The van der Waals surface area contributed by atoms with E-state index in [4.69, 9.17) is 0 Å². The van der Waals surface area contributed by atoms with Crippen molar-refractivity contribution in [1.82, 2.24) is 20.0 Å². The van der Waals surface area contributed by atoms with Crippen LogP contribution < -0.4 is 9.80 Å². The first kappa shape index (κ1) is 17.0. The highest BCUT2D eigenvalue weighted by Gasteiger charge is 2.23. The number of benzene rings is 1. The van der Waals surface area contributed by atoms with Gasteiger partial charge in [0, 0.05) is 32.4 Å². The molecule has 7 nitrogen and oxygen atoms in total. The molecule has 0 radical (unpaired) electrons. The van der Waals surface area contributed by atoms with E-state index in [0.717, 1.165) is 11.5 Å². The van der Waals surface area contributed by atoms with Gasteiger partial charge in [-0.05, 0) is 37.3 Å². The molecule has 3 heterocycles. The van der Waals surface area contributed by atoms with Gasteiger partial charge >= 0.3 is 0 Å². The maximum Gasteiger partial charge on any atom is 0.175 e. The number of hydrogen-bond acceptors (Lipinski definition) is 6. The van der Waals surface area contributed by atoms with Crippen LogP contribution in [0.5, 0.6) is 0 Å². The zero-order valence-electron chi connectivity index (χ0n) is 14.9. The largest absolute Gasteiger partial charge is 0.365 e. The lowest BCUT2D eigenvalue weighted by Gasteiger charge is -2.36. The average Bonchev–Trinajstić information content (AvgIpc) is 3.14. The first-order chi connectivity index (χ1) is 13.2. The monoisotopic (exact) mass is 363 g/mol. The van der Waals surface area contributed by atoms with Crippen molar-refractivity contribution >= 4 is 11.5 Å². The summed E-state index contributed by atoms with van der Waals surface area (Å²) < 4.78 is 15.9. The van der Waals surface area contributed by atoms with E-state index in [1.165, 1.54) is 6.07 Å². The van der Waals surface area contributed by atoms with Gasteiger partial charge in [-0.3, -0.25) is 0 Å². The third kappa shape index (κ3) is 3.31. The Morgan fingerprint density at radius 1 is 0.963 bits per heavy atom. The van der Waals surface area contributed by atoms with Crippen LogP contribution in [0.4, 0.5) is 15.9 Å². The summed E-state index contributed by atoms with van der Waals surface area (Å²) in [4.78, 5) is 4.02. The molecule has 136 valence electrons. The van der Waals surface area contributed by atoms with Crippen LogP contribution in [-0.4, -0.2) is 46.2 Å². The van der Waals surface area contributed by atoms with Gasteiger partial charge in [-0.1, -0.05) is 6.07 Å². The summed E-state index contributed by atoms with van der Waals surface area (Å²) in [5, 5.41) is 22.1. The molecule has 0 spiro atoms. The molecule has 0 bridgehead atoms. The quantitative estimate of drug-likeness (QED) is 0.711. The predicted octanol–water partition coefficient (Wildman–Crippen LogP) is 2.31. The molecular weight excluding hydrogens is 345 g/mol. The molecule has 0 aliphatic carbocycles. The van der Waals surface area contributed by atoms with Crippen molar-refractivity contribution in [3.63, 3.8) is 0 Å². The van der Waals surface area contributed by atoms with Crippen molar-refractivity contribution in [1.29, 1.82) is 5.26 Å². The number of piperazine rings is 1. The van der Waals surface area contributed by atoms with Crippen LogP contribution in [0, 0.1) is 24.1 Å². The Morgan fingerprint density at radius 3 is 2.30 bits per heavy atom. The Morgan fingerprint density at radius 2 is 1.67 bits per heavy atom. The SMILES string of the molecule is Cc1ccn(-c2ccc(N3CCN(c4c(F)cccc4C#N)CC3)nn2)n1. The van der Waals surface area contributed by atoms with E-state index in [1.54, 1.807) is 16.8 Å². The standard InChI is InChI=1S/C19H18FN7/c1-14-7-8-27(24-14)18-6-5-17(22-23-18)25-9-11-26(12-10-25)19-15(13-21)3-2-4-16(19)20/h2-8H,9-12H2,1H3. The van der Waals surface area contributed by atoms with Crippen LogP contribution in [0.1, 0.15) is 11.3 Å². The minimum absolute atomic E-state index is 0.360. The molecule has 0 saturated carbocycles. The topological polar surface area (TPSA) is 73.9 Å². The van der Waals surface area contributed by atoms with Crippen LogP contribution in [0.3, 0.4) is 0 Å². The van der Waals surface area contributed by atoms with Crippen LogP contribution in [0.15, 0.2) is 42.6 Å². The summed E-state index contributed by atoms with van der Waals surface area (Å²) in [5.74, 6) is 1.08. The van der Waals surface area contributed by atoms with Gasteiger partial charge in [-0.2, -0.15) is 10.4 Å². The fourth-order valence-corrected chi connectivity index (χ4v) is 3.24. The Hall–Kier alpha value is -3.47. The lowest BCUT2D eigenvalue weighted by molar-refractivity contribution is 0.594. The van der Waals surface area contributed by atoms with E-state index in [0.29, 0.717) is 43.2 Å². The lowest BCUT2D eigenvalue weighted by atomic mass is 10.1. The number of hydrogen-bond donors (Lipinski definition) is 0. The number of aromatic nitrogens is 4. The summed E-state index contributed by atoms with van der Waals surface area (Å²) in [6.45, 7) is 4.49. The van der Waals surface area contributed by atoms with Crippen LogP contribution in [0.25, 0.3) is 5.82 Å². The molecule has 1 saturated heterocycles. The fraction of sp³-hybridized carbons (Fsp3) is 0.263. The summed E-state index contributed by atoms with van der Waals surface area (Å²) in [5.41, 5.74) is 1.67. The van der Waals surface area contributed by atoms with Crippen molar-refractivity contribution in [3.05, 3.63) is 59.7 Å². The molecule has 0 atom stereocenters. The summed E-state index contributed by atoms with van der Waals surface area (Å²) in [6.07, 6.45) is 1.85. The second-order valence-electron chi connectivity index (χ2n) is 6.37. The number of rotatable bonds is 3. The molecule has 1 aliphatic heterocycles. The Bertz CT molecular complexity index is 982. The van der Waals surface area contributed by atoms with Gasteiger partial charge in [0.1, 0.15) is 11.9 Å². The molecule has 1 fully saturated rings. The number of aryl methyl sites for hydroxylation is 1. The Balaban J connectivity index is 1.46. The molecule has 1 aromatic carbocycles. The first-order valence-electron chi connectivity index (χ1n) is 8.70. The molecule has 3 aromatic rings. The van der Waals surface area contributed by atoms with E-state index in [2.05, 4.69) is 26.3 Å². The van der Waals surface area contributed by atoms with Gasteiger partial charge in [0.05, 0.1) is 16.9 Å². The Kier molecular flexibility index (Phi) is 4.42. The molecule has 0 amide bonds. The minimum Gasteiger partial charge on any atom is -0.365 e. The zero-order valence-corrected chi connectivity index (χ0v) is 14.9. The summed E-state index contributed by atoms with van der Waals surface area (Å²) in [7, 11) is 0. The van der Waals surface area contributed by atoms with Gasteiger partial charge in [0.25, 0.3) is 0 Å². The van der Waals surface area contributed by atoms with Gasteiger partial charge < -0.3 is 9.80 Å². The number of nitriles is 1. The molecular formula is C19H18FN7. The van der Waals surface area contributed by atoms with Crippen molar-refractivity contribution in [3.8, 4) is 11.9 Å². The van der Waals surface area contributed by atoms with Crippen LogP contribution in [0.2, 0.25) is 0 Å². The third-order valence-corrected chi connectivity index (χ3v) is 4.62.